The number of carbonyl (C=O) groups is 3. The molecule has 8 nitrogen and oxygen atoms in total. The maximum atomic E-state index is 12.7. The van der Waals surface area contributed by atoms with Crippen LogP contribution < -0.4 is 5.32 Å². The molecule has 2 N–H and O–H groups in total. The normalized spacial score (nSPS) is 11.7. The predicted molar refractivity (Wildman–Crippen MR) is 135 cm³/mol. The maximum absolute atomic E-state index is 12.7. The summed E-state index contributed by atoms with van der Waals surface area (Å²) in [5, 5.41) is 4.06. The lowest BCUT2D eigenvalue weighted by Crippen LogP contribution is -2.43. The zero-order chi connectivity index (χ0) is 25.0. The van der Waals surface area contributed by atoms with E-state index in [2.05, 4.69) is 21.4 Å². The van der Waals surface area contributed by atoms with Crippen LogP contribution in [0.2, 0.25) is 0 Å². The highest BCUT2D eigenvalue weighted by atomic mass is 16.5. The lowest BCUT2D eigenvalue weighted by Gasteiger charge is -2.21. The van der Waals surface area contributed by atoms with E-state index >= 15 is 0 Å². The molecule has 186 valence electrons. The third kappa shape index (κ3) is 8.24. The summed E-state index contributed by atoms with van der Waals surface area (Å²) in [4.78, 5) is 46.0. The van der Waals surface area contributed by atoms with E-state index in [0.29, 0.717) is 32.3 Å². The number of aromatic amines is 1. The van der Waals surface area contributed by atoms with Gasteiger partial charge in [-0.2, -0.15) is 0 Å². The Hall–Kier alpha value is -3.68. The van der Waals surface area contributed by atoms with Crippen molar-refractivity contribution in [1.29, 1.82) is 0 Å². The summed E-state index contributed by atoms with van der Waals surface area (Å²) in [6.07, 6.45) is 8.64. The van der Waals surface area contributed by atoms with E-state index in [9.17, 15) is 14.4 Å². The number of fused-ring (bicyclic) bond motifs is 1. The number of aryl methyl sites for hydroxylation is 2. The number of hydrogen-bond acceptors (Lipinski definition) is 5. The first-order valence-electron chi connectivity index (χ1n) is 12.1. The minimum atomic E-state index is -0.384. The van der Waals surface area contributed by atoms with Crippen molar-refractivity contribution in [2.75, 3.05) is 20.2 Å². The van der Waals surface area contributed by atoms with Crippen LogP contribution in [0.4, 0.5) is 0 Å². The fourth-order valence-corrected chi connectivity index (χ4v) is 4.08. The number of esters is 1. The van der Waals surface area contributed by atoms with E-state index in [-0.39, 0.29) is 36.8 Å². The number of likely N-dealkylation sites (N-methyl/N-ethyl adjacent to an activating group) is 1. The van der Waals surface area contributed by atoms with Crippen LogP contribution in [0.15, 0.2) is 55.0 Å². The van der Waals surface area contributed by atoms with Crippen LogP contribution in [0.25, 0.3) is 10.9 Å². The Bertz CT molecular complexity index is 1110. The minimum absolute atomic E-state index is 0.0551. The number of nitrogens with one attached hydrogen (secondary N) is 2. The van der Waals surface area contributed by atoms with Crippen LogP contribution in [0.1, 0.15) is 43.7 Å². The molecule has 2 heterocycles. The van der Waals surface area contributed by atoms with Gasteiger partial charge >= 0.3 is 5.97 Å². The summed E-state index contributed by atoms with van der Waals surface area (Å²) in [7, 11) is 1.63. The van der Waals surface area contributed by atoms with Crippen LogP contribution in [0, 0.1) is 0 Å². The molecule has 3 rings (SSSR count). The smallest absolute Gasteiger partial charge is 0.307 e. The quantitative estimate of drug-likeness (QED) is 0.366. The Labute approximate surface area is 206 Å². The average molecular weight is 479 g/mol. The molecule has 0 saturated heterocycles. The van der Waals surface area contributed by atoms with Crippen LogP contribution in [0.3, 0.4) is 0 Å². The van der Waals surface area contributed by atoms with Gasteiger partial charge in [-0.15, -0.1) is 0 Å². The number of aromatic nitrogens is 2. The fraction of sp³-hybridized carbons (Fsp3) is 0.407. The Kier molecular flexibility index (Phi) is 9.83. The number of pyridine rings is 1. The van der Waals surface area contributed by atoms with Gasteiger partial charge in [-0.25, -0.2) is 0 Å². The molecule has 35 heavy (non-hydrogen) atoms. The number of rotatable bonds is 13. The summed E-state index contributed by atoms with van der Waals surface area (Å²) < 4.78 is 5.10. The predicted octanol–water partition coefficient (Wildman–Crippen LogP) is 3.41. The molecular formula is C27H34N4O4. The number of benzene rings is 1. The van der Waals surface area contributed by atoms with Gasteiger partial charge in [0, 0.05) is 49.0 Å². The molecule has 0 unspecified atom stereocenters. The molecule has 2 amide bonds. The molecule has 0 spiro atoms. The van der Waals surface area contributed by atoms with E-state index in [4.69, 9.17) is 4.74 Å². The Morgan fingerprint density at radius 2 is 1.89 bits per heavy atom. The summed E-state index contributed by atoms with van der Waals surface area (Å²) in [6.45, 7) is 1.99. The van der Waals surface area contributed by atoms with Gasteiger partial charge in [-0.3, -0.25) is 19.4 Å². The number of carbonyl (C=O) groups excluding carboxylic acids is 3. The van der Waals surface area contributed by atoms with Gasteiger partial charge < -0.3 is 19.9 Å². The second-order valence-corrected chi connectivity index (χ2v) is 8.63. The first kappa shape index (κ1) is 25.9. The second-order valence-electron chi connectivity index (χ2n) is 8.63. The second kappa shape index (κ2) is 13.3. The molecule has 8 heteroatoms. The Morgan fingerprint density at radius 1 is 1.11 bits per heavy atom. The molecule has 1 aromatic carbocycles. The number of para-hydroxylation sites is 1. The van der Waals surface area contributed by atoms with E-state index in [1.165, 1.54) is 4.90 Å². The van der Waals surface area contributed by atoms with Crippen molar-refractivity contribution >= 4 is 28.7 Å². The molecule has 2 aromatic heterocycles. The third-order valence-electron chi connectivity index (χ3n) is 5.93. The van der Waals surface area contributed by atoms with E-state index in [1.807, 2.05) is 36.5 Å². The van der Waals surface area contributed by atoms with Gasteiger partial charge in [0.05, 0.1) is 19.6 Å². The maximum Gasteiger partial charge on any atom is 0.307 e. The number of ether oxygens (including phenoxy) is 1. The fourth-order valence-electron chi connectivity index (χ4n) is 4.08. The number of amides is 2. The van der Waals surface area contributed by atoms with Crippen molar-refractivity contribution in [1.82, 2.24) is 20.2 Å². The molecule has 0 aliphatic carbocycles. The lowest BCUT2D eigenvalue weighted by molar-refractivity contribution is -0.144. The van der Waals surface area contributed by atoms with E-state index in [0.717, 1.165) is 28.5 Å². The molecule has 0 saturated carbocycles. The van der Waals surface area contributed by atoms with Crippen LogP contribution in [-0.4, -0.2) is 58.9 Å². The largest absolute Gasteiger partial charge is 0.466 e. The molecule has 3 aromatic rings. The third-order valence-corrected chi connectivity index (χ3v) is 5.93. The summed E-state index contributed by atoms with van der Waals surface area (Å²) in [5.41, 5.74) is 3.31. The highest BCUT2D eigenvalue weighted by Gasteiger charge is 2.20. The molecule has 0 radical (unpaired) electrons. The standard InChI is InChI=1S/C27H34N4O4/c1-3-35-27(34)17-22(12-11-21-18-29-24-9-5-4-8-23(21)24)30-25(32)19-31(2)26(33)10-6-7-20-13-15-28-16-14-20/h4-5,8-9,13-16,18,22,29H,3,6-7,10-12,17,19H2,1-2H3,(H,30,32)/t22-/m1/s1. The number of nitrogens with zero attached hydrogens (tertiary/aromatic N) is 2. The van der Waals surface area contributed by atoms with Crippen LogP contribution in [0.5, 0.6) is 0 Å². The van der Waals surface area contributed by atoms with E-state index < -0.39 is 0 Å². The average Bonchev–Trinajstić information content (AvgIpc) is 3.26. The molecular weight excluding hydrogens is 444 g/mol. The molecule has 0 bridgehead atoms. The van der Waals surface area contributed by atoms with Gasteiger partial charge in [-0.05, 0) is 61.9 Å². The first-order chi connectivity index (χ1) is 17.0. The Morgan fingerprint density at radius 3 is 2.66 bits per heavy atom. The lowest BCUT2D eigenvalue weighted by atomic mass is 10.0. The van der Waals surface area contributed by atoms with Crippen molar-refractivity contribution in [2.45, 2.75) is 51.5 Å². The minimum Gasteiger partial charge on any atom is -0.466 e. The van der Waals surface area contributed by atoms with Gasteiger partial charge in [-0.1, -0.05) is 18.2 Å². The van der Waals surface area contributed by atoms with E-state index in [1.54, 1.807) is 26.4 Å². The summed E-state index contributed by atoms with van der Waals surface area (Å²) >= 11 is 0. The van der Waals surface area contributed by atoms with Crippen molar-refractivity contribution in [3.8, 4) is 0 Å². The van der Waals surface area contributed by atoms with Gasteiger partial charge in [0.15, 0.2) is 0 Å². The zero-order valence-electron chi connectivity index (χ0n) is 20.5. The van der Waals surface area contributed by atoms with Crippen LogP contribution in [-0.2, 0) is 32.0 Å². The van der Waals surface area contributed by atoms with Gasteiger partial charge in [0.1, 0.15) is 0 Å². The van der Waals surface area contributed by atoms with Gasteiger partial charge in [0.25, 0.3) is 0 Å². The van der Waals surface area contributed by atoms with Crippen molar-refractivity contribution in [3.63, 3.8) is 0 Å². The highest BCUT2D eigenvalue weighted by molar-refractivity contribution is 5.85. The molecule has 0 aliphatic rings. The summed E-state index contributed by atoms with van der Waals surface area (Å²) in [5.74, 6) is -0.726. The monoisotopic (exact) mass is 478 g/mol. The number of H-pyrrole nitrogens is 1. The molecule has 1 atom stereocenters. The summed E-state index contributed by atoms with van der Waals surface area (Å²) in [6, 6.07) is 11.5. The van der Waals surface area contributed by atoms with Crippen molar-refractivity contribution in [2.24, 2.45) is 0 Å². The number of hydrogen-bond donors (Lipinski definition) is 2. The van der Waals surface area contributed by atoms with Crippen molar-refractivity contribution in [3.05, 3.63) is 66.1 Å². The SMILES string of the molecule is CCOC(=O)C[C@@H](CCc1c[nH]c2ccccc12)NC(=O)CN(C)C(=O)CCCc1ccncc1. The zero-order valence-corrected chi connectivity index (χ0v) is 20.5. The molecule has 0 aliphatic heterocycles. The van der Waals surface area contributed by atoms with Crippen molar-refractivity contribution < 1.29 is 19.1 Å². The Balaban J connectivity index is 1.50. The topological polar surface area (TPSA) is 104 Å². The van der Waals surface area contributed by atoms with Crippen LogP contribution >= 0.6 is 0 Å². The first-order valence-corrected chi connectivity index (χ1v) is 12.1. The highest BCUT2D eigenvalue weighted by Crippen LogP contribution is 2.20. The molecule has 0 fully saturated rings. The van der Waals surface area contributed by atoms with Gasteiger partial charge in [0.2, 0.25) is 11.8 Å².